The number of hydrogen-bond acceptors (Lipinski definition) is 2. The Morgan fingerprint density at radius 1 is 1.16 bits per heavy atom. The molecule has 138 valence electrons. The van der Waals surface area contributed by atoms with Gasteiger partial charge in [0, 0.05) is 35.5 Å². The number of carbonyl (C=O) groups excluding carboxylic acids is 1. The molecular weight excluding hydrogens is 346 g/mol. The number of benzene rings is 1. The summed E-state index contributed by atoms with van der Waals surface area (Å²) in [5.74, 6) is -2.21. The van der Waals surface area contributed by atoms with Crippen LogP contribution in [-0.4, -0.2) is 30.5 Å². The van der Waals surface area contributed by atoms with Crippen LogP contribution in [0.2, 0.25) is 5.02 Å². The molecule has 2 aliphatic carbocycles. The molecule has 0 radical (unpaired) electrons. The Morgan fingerprint density at radius 2 is 1.88 bits per heavy atom. The second-order valence-corrected chi connectivity index (χ2v) is 7.83. The van der Waals surface area contributed by atoms with Crippen molar-refractivity contribution in [3.8, 4) is 0 Å². The zero-order valence-corrected chi connectivity index (χ0v) is 15.0. The maximum absolute atomic E-state index is 13.2. The summed E-state index contributed by atoms with van der Waals surface area (Å²) in [5, 5.41) is 7.13. The lowest BCUT2D eigenvalue weighted by atomic mass is 9.86. The van der Waals surface area contributed by atoms with E-state index in [2.05, 4.69) is 10.6 Å². The van der Waals surface area contributed by atoms with Crippen molar-refractivity contribution in [1.29, 1.82) is 0 Å². The molecule has 3 rings (SSSR count). The lowest BCUT2D eigenvalue weighted by Crippen LogP contribution is -2.37. The molecule has 0 saturated heterocycles. The quantitative estimate of drug-likeness (QED) is 0.806. The van der Waals surface area contributed by atoms with Gasteiger partial charge in [0.25, 0.3) is 5.91 Å². The number of hydrogen-bond donors (Lipinski definition) is 2. The summed E-state index contributed by atoms with van der Waals surface area (Å²) >= 11 is 5.92. The van der Waals surface area contributed by atoms with Crippen LogP contribution >= 0.6 is 11.6 Å². The highest BCUT2D eigenvalue weighted by atomic mass is 35.5. The predicted molar refractivity (Wildman–Crippen MR) is 95.3 cm³/mol. The number of carbonyl (C=O) groups is 1. The molecule has 1 unspecified atom stereocenters. The van der Waals surface area contributed by atoms with Gasteiger partial charge in [-0.2, -0.15) is 0 Å². The number of nitrogens with one attached hydrogen (secondary N) is 2. The highest BCUT2D eigenvalue weighted by Gasteiger charge is 2.35. The van der Waals surface area contributed by atoms with Crippen molar-refractivity contribution >= 4 is 17.5 Å². The topological polar surface area (TPSA) is 41.1 Å². The molecule has 1 amide bonds. The van der Waals surface area contributed by atoms with Crippen LogP contribution in [0.4, 0.5) is 8.78 Å². The van der Waals surface area contributed by atoms with Crippen LogP contribution in [-0.2, 0) is 0 Å². The van der Waals surface area contributed by atoms with Gasteiger partial charge in [-0.15, -0.1) is 0 Å². The minimum atomic E-state index is -2.46. The molecule has 2 atom stereocenters. The third-order valence-electron chi connectivity index (χ3n) is 5.39. The predicted octanol–water partition coefficient (Wildman–Crippen LogP) is 4.41. The van der Waals surface area contributed by atoms with Crippen LogP contribution in [0.15, 0.2) is 24.3 Å². The zero-order chi connectivity index (χ0) is 17.9. The molecule has 25 heavy (non-hydrogen) atoms. The van der Waals surface area contributed by atoms with E-state index in [0.29, 0.717) is 35.4 Å². The molecule has 2 N–H and O–H groups in total. The molecular formula is C19H25ClF2N2O. The Bertz CT molecular complexity index is 601. The average molecular weight is 371 g/mol. The fourth-order valence-electron chi connectivity index (χ4n) is 3.83. The Kier molecular flexibility index (Phi) is 5.95. The summed E-state index contributed by atoms with van der Waals surface area (Å²) in [5.41, 5.74) is 0.576. The molecule has 0 aromatic heterocycles. The first-order valence-electron chi connectivity index (χ1n) is 9.09. The van der Waals surface area contributed by atoms with E-state index >= 15 is 0 Å². The van der Waals surface area contributed by atoms with Gasteiger partial charge in [-0.3, -0.25) is 4.79 Å². The summed E-state index contributed by atoms with van der Waals surface area (Å²) < 4.78 is 26.4. The molecule has 6 heteroatoms. The molecule has 0 heterocycles. The Balaban J connectivity index is 1.39. The van der Waals surface area contributed by atoms with Gasteiger partial charge in [-0.05, 0) is 62.8 Å². The van der Waals surface area contributed by atoms with E-state index in [1.165, 1.54) is 0 Å². The standard InChI is InChI=1S/C19H25ClF2N2O/c20-15-3-1-2-14(10-15)18(25)24-17-5-4-16(11-17)23-12-13-6-8-19(21,22)9-7-13/h1-3,10,13,16-17,23H,4-9,11-12H2,(H,24,25)/t16-,17?/m0/s1. The Hall–Kier alpha value is -1.20. The van der Waals surface area contributed by atoms with Gasteiger partial charge in [0.15, 0.2) is 0 Å². The Morgan fingerprint density at radius 3 is 2.60 bits per heavy atom. The second kappa shape index (κ2) is 8.00. The number of rotatable bonds is 5. The van der Waals surface area contributed by atoms with E-state index in [9.17, 15) is 13.6 Å². The van der Waals surface area contributed by atoms with Gasteiger partial charge in [-0.1, -0.05) is 17.7 Å². The summed E-state index contributed by atoms with van der Waals surface area (Å²) in [6, 6.07) is 7.44. The van der Waals surface area contributed by atoms with Crippen molar-refractivity contribution in [3.05, 3.63) is 34.9 Å². The number of halogens is 3. The molecule has 2 aliphatic rings. The number of amides is 1. The molecule has 0 aliphatic heterocycles. The summed E-state index contributed by atoms with van der Waals surface area (Å²) in [4.78, 5) is 12.3. The van der Waals surface area contributed by atoms with Crippen LogP contribution in [0.1, 0.15) is 55.3 Å². The first-order valence-corrected chi connectivity index (χ1v) is 9.47. The SMILES string of the molecule is O=C(NC1CC[C@H](NCC2CCC(F)(F)CC2)C1)c1cccc(Cl)c1. The van der Waals surface area contributed by atoms with Gasteiger partial charge in [0.2, 0.25) is 5.92 Å². The highest BCUT2D eigenvalue weighted by molar-refractivity contribution is 6.30. The van der Waals surface area contributed by atoms with Crippen LogP contribution in [0.25, 0.3) is 0 Å². The van der Waals surface area contributed by atoms with Gasteiger partial charge >= 0.3 is 0 Å². The Labute approximate surface area is 152 Å². The molecule has 1 aromatic carbocycles. The summed E-state index contributed by atoms with van der Waals surface area (Å²) in [6.45, 7) is 0.801. The van der Waals surface area contributed by atoms with E-state index in [0.717, 1.165) is 25.8 Å². The minimum absolute atomic E-state index is 0.0162. The van der Waals surface area contributed by atoms with E-state index in [4.69, 9.17) is 11.6 Å². The maximum Gasteiger partial charge on any atom is 0.251 e. The molecule has 2 saturated carbocycles. The first-order chi connectivity index (χ1) is 11.9. The first kappa shape index (κ1) is 18.6. The van der Waals surface area contributed by atoms with Crippen LogP contribution in [0, 0.1) is 5.92 Å². The smallest absolute Gasteiger partial charge is 0.251 e. The lowest BCUT2D eigenvalue weighted by molar-refractivity contribution is -0.0456. The number of alkyl halides is 2. The van der Waals surface area contributed by atoms with E-state index in [1.54, 1.807) is 24.3 Å². The van der Waals surface area contributed by atoms with Crippen molar-refractivity contribution in [2.45, 2.75) is 63.0 Å². The van der Waals surface area contributed by atoms with E-state index in [-0.39, 0.29) is 24.8 Å². The fraction of sp³-hybridized carbons (Fsp3) is 0.632. The zero-order valence-electron chi connectivity index (χ0n) is 14.2. The van der Waals surface area contributed by atoms with Gasteiger partial charge in [-0.25, -0.2) is 8.78 Å². The minimum Gasteiger partial charge on any atom is -0.349 e. The second-order valence-electron chi connectivity index (χ2n) is 7.40. The largest absolute Gasteiger partial charge is 0.349 e. The van der Waals surface area contributed by atoms with Crippen molar-refractivity contribution in [1.82, 2.24) is 10.6 Å². The van der Waals surface area contributed by atoms with Gasteiger partial charge in [0.05, 0.1) is 0 Å². The van der Waals surface area contributed by atoms with Crippen molar-refractivity contribution < 1.29 is 13.6 Å². The average Bonchev–Trinajstić information content (AvgIpc) is 3.01. The van der Waals surface area contributed by atoms with Crippen LogP contribution in [0.5, 0.6) is 0 Å². The van der Waals surface area contributed by atoms with Crippen molar-refractivity contribution in [2.75, 3.05) is 6.54 Å². The van der Waals surface area contributed by atoms with Crippen LogP contribution < -0.4 is 10.6 Å². The van der Waals surface area contributed by atoms with Gasteiger partial charge < -0.3 is 10.6 Å². The molecule has 2 fully saturated rings. The fourth-order valence-corrected chi connectivity index (χ4v) is 4.02. The molecule has 3 nitrogen and oxygen atoms in total. The van der Waals surface area contributed by atoms with E-state index < -0.39 is 5.92 Å². The van der Waals surface area contributed by atoms with Crippen molar-refractivity contribution in [3.63, 3.8) is 0 Å². The summed E-state index contributed by atoms with van der Waals surface area (Å²) in [7, 11) is 0. The monoisotopic (exact) mass is 370 g/mol. The summed E-state index contributed by atoms with van der Waals surface area (Å²) in [6.07, 6.45) is 4.05. The molecule has 0 spiro atoms. The normalized spacial score (nSPS) is 26.5. The molecule has 1 aromatic rings. The maximum atomic E-state index is 13.2. The third kappa shape index (κ3) is 5.38. The van der Waals surface area contributed by atoms with Crippen molar-refractivity contribution in [2.24, 2.45) is 5.92 Å². The van der Waals surface area contributed by atoms with Crippen LogP contribution in [0.3, 0.4) is 0 Å². The van der Waals surface area contributed by atoms with Gasteiger partial charge in [0.1, 0.15) is 0 Å². The van der Waals surface area contributed by atoms with E-state index in [1.807, 2.05) is 0 Å². The third-order valence-corrected chi connectivity index (χ3v) is 5.62. The molecule has 0 bridgehead atoms. The lowest BCUT2D eigenvalue weighted by Gasteiger charge is -2.29. The highest BCUT2D eigenvalue weighted by Crippen LogP contribution is 2.36.